The van der Waals surface area contributed by atoms with E-state index in [0.29, 0.717) is 11.6 Å². The molecule has 0 saturated carbocycles. The van der Waals surface area contributed by atoms with Gasteiger partial charge in [0.05, 0.1) is 29.4 Å². The topological polar surface area (TPSA) is 34.1 Å². The van der Waals surface area contributed by atoms with Gasteiger partial charge in [-0.2, -0.15) is 0 Å². The van der Waals surface area contributed by atoms with E-state index in [9.17, 15) is 0 Å². The van der Waals surface area contributed by atoms with Crippen LogP contribution in [0.25, 0.3) is 0 Å². The Balaban J connectivity index is 1.98. The third-order valence-electron chi connectivity index (χ3n) is 2.69. The fourth-order valence-electron chi connectivity index (χ4n) is 1.62. The van der Waals surface area contributed by atoms with Crippen molar-refractivity contribution in [2.75, 3.05) is 11.9 Å². The molecule has 1 aromatic heterocycles. The van der Waals surface area contributed by atoms with E-state index < -0.39 is 0 Å². The van der Waals surface area contributed by atoms with Gasteiger partial charge >= 0.3 is 0 Å². The molecule has 2 aromatic rings. The summed E-state index contributed by atoms with van der Waals surface area (Å²) < 4.78 is 5.54. The number of hydrogen-bond donors (Lipinski definition) is 1. The number of anilines is 1. The molecule has 0 bridgehead atoms. The maximum atomic E-state index is 6.18. The first-order chi connectivity index (χ1) is 9.20. The third kappa shape index (κ3) is 3.85. The molecule has 1 heterocycles. The normalized spacial score (nSPS) is 10.5. The molecular formula is C14H17ClN2OS. The van der Waals surface area contributed by atoms with Gasteiger partial charge in [-0.25, -0.2) is 4.98 Å². The van der Waals surface area contributed by atoms with E-state index in [-0.39, 0.29) is 0 Å². The molecule has 5 heteroatoms. The Morgan fingerprint density at radius 1 is 1.42 bits per heavy atom. The van der Waals surface area contributed by atoms with Gasteiger partial charge in [0.1, 0.15) is 5.75 Å². The zero-order chi connectivity index (χ0) is 13.7. The number of ether oxygens (including phenoxy) is 1. The van der Waals surface area contributed by atoms with Gasteiger partial charge in [-0.15, -0.1) is 11.3 Å². The van der Waals surface area contributed by atoms with Crippen LogP contribution in [0.15, 0.2) is 23.7 Å². The van der Waals surface area contributed by atoms with Crippen molar-refractivity contribution < 1.29 is 4.74 Å². The second-order valence-corrected chi connectivity index (χ2v) is 5.55. The van der Waals surface area contributed by atoms with Gasteiger partial charge in [0.2, 0.25) is 0 Å². The van der Waals surface area contributed by atoms with E-state index in [4.69, 9.17) is 16.3 Å². The molecule has 0 saturated heterocycles. The smallest absolute Gasteiger partial charge is 0.138 e. The monoisotopic (exact) mass is 296 g/mol. The summed E-state index contributed by atoms with van der Waals surface area (Å²) in [6.07, 6.45) is 0.973. The molecule has 1 N–H and O–H groups in total. The van der Waals surface area contributed by atoms with Crippen molar-refractivity contribution in [1.29, 1.82) is 0 Å². The number of aryl methyl sites for hydroxylation is 1. The third-order valence-corrected chi connectivity index (χ3v) is 3.92. The molecule has 0 aliphatic rings. The maximum Gasteiger partial charge on any atom is 0.138 e. The predicted molar refractivity (Wildman–Crippen MR) is 81.4 cm³/mol. The first-order valence-corrected chi connectivity index (χ1v) is 7.51. The van der Waals surface area contributed by atoms with Crippen LogP contribution in [0.2, 0.25) is 5.02 Å². The highest BCUT2D eigenvalue weighted by Gasteiger charge is 2.04. The van der Waals surface area contributed by atoms with Gasteiger partial charge in [-0.1, -0.05) is 18.5 Å². The van der Waals surface area contributed by atoms with E-state index in [2.05, 4.69) is 17.2 Å². The first kappa shape index (κ1) is 14.2. The number of benzene rings is 1. The summed E-state index contributed by atoms with van der Waals surface area (Å²) in [5.74, 6) is 0.739. The van der Waals surface area contributed by atoms with Gasteiger partial charge in [-0.05, 0) is 31.5 Å². The largest absolute Gasteiger partial charge is 0.492 e. The summed E-state index contributed by atoms with van der Waals surface area (Å²) in [6.45, 7) is 5.54. The Morgan fingerprint density at radius 2 is 2.26 bits per heavy atom. The lowest BCUT2D eigenvalue weighted by molar-refractivity contribution is 0.317. The van der Waals surface area contributed by atoms with Crippen molar-refractivity contribution in [3.63, 3.8) is 0 Å². The van der Waals surface area contributed by atoms with Gasteiger partial charge in [-0.3, -0.25) is 0 Å². The number of halogens is 1. The van der Waals surface area contributed by atoms with Crippen LogP contribution in [-0.4, -0.2) is 11.6 Å². The fraction of sp³-hybridized carbons (Fsp3) is 0.357. The minimum absolute atomic E-state index is 0.638. The minimum Gasteiger partial charge on any atom is -0.492 e. The van der Waals surface area contributed by atoms with Crippen LogP contribution in [-0.2, 0) is 6.54 Å². The van der Waals surface area contributed by atoms with Crippen molar-refractivity contribution in [3.05, 3.63) is 39.3 Å². The zero-order valence-electron chi connectivity index (χ0n) is 11.1. The second-order valence-electron chi connectivity index (χ2n) is 4.21. The van der Waals surface area contributed by atoms with Crippen LogP contribution in [0.3, 0.4) is 0 Å². The van der Waals surface area contributed by atoms with E-state index in [0.717, 1.165) is 30.1 Å². The van der Waals surface area contributed by atoms with Crippen LogP contribution in [0.1, 0.15) is 23.9 Å². The molecule has 0 aliphatic heterocycles. The van der Waals surface area contributed by atoms with Crippen LogP contribution >= 0.6 is 22.9 Å². The summed E-state index contributed by atoms with van der Waals surface area (Å²) in [4.78, 5) is 5.47. The highest BCUT2D eigenvalue weighted by atomic mass is 35.5. The van der Waals surface area contributed by atoms with Crippen molar-refractivity contribution in [1.82, 2.24) is 4.98 Å². The summed E-state index contributed by atoms with van der Waals surface area (Å²) in [7, 11) is 0. The summed E-state index contributed by atoms with van der Waals surface area (Å²) in [5.41, 5.74) is 3.93. The average molecular weight is 297 g/mol. The summed E-state index contributed by atoms with van der Waals surface area (Å²) >= 11 is 7.84. The van der Waals surface area contributed by atoms with E-state index in [1.54, 1.807) is 11.3 Å². The van der Waals surface area contributed by atoms with E-state index >= 15 is 0 Å². The number of hydrogen-bond acceptors (Lipinski definition) is 4. The highest BCUT2D eigenvalue weighted by Crippen LogP contribution is 2.28. The molecule has 0 fully saturated rings. The maximum absolute atomic E-state index is 6.18. The van der Waals surface area contributed by atoms with Gasteiger partial charge in [0.25, 0.3) is 0 Å². The average Bonchev–Trinajstić information content (AvgIpc) is 2.81. The molecule has 1 aromatic carbocycles. The van der Waals surface area contributed by atoms with Crippen molar-refractivity contribution in [2.45, 2.75) is 26.8 Å². The Bertz CT molecular complexity index is 542. The zero-order valence-corrected chi connectivity index (χ0v) is 12.6. The molecule has 0 radical (unpaired) electrons. The van der Waals surface area contributed by atoms with Crippen molar-refractivity contribution in [2.24, 2.45) is 0 Å². The summed E-state index contributed by atoms with van der Waals surface area (Å²) in [5, 5.41) is 3.98. The SMILES string of the molecule is CCCOc1ccc(NCc2scnc2C)cc1Cl. The molecule has 2 rings (SSSR count). The predicted octanol–water partition coefficient (Wildman–Crippen LogP) is 4.51. The molecule has 0 atom stereocenters. The van der Waals surface area contributed by atoms with Crippen LogP contribution in [0.4, 0.5) is 5.69 Å². The van der Waals surface area contributed by atoms with Crippen molar-refractivity contribution in [3.8, 4) is 5.75 Å². The highest BCUT2D eigenvalue weighted by molar-refractivity contribution is 7.09. The lowest BCUT2D eigenvalue weighted by Crippen LogP contribution is -2.00. The van der Waals surface area contributed by atoms with Gasteiger partial charge in [0, 0.05) is 10.6 Å². The lowest BCUT2D eigenvalue weighted by Gasteiger charge is -2.10. The van der Waals surface area contributed by atoms with E-state index in [1.165, 1.54) is 4.88 Å². The molecule has 0 amide bonds. The Kier molecular flexibility index (Phi) is 5.05. The second kappa shape index (κ2) is 6.78. The van der Waals surface area contributed by atoms with Crippen LogP contribution < -0.4 is 10.1 Å². The summed E-state index contributed by atoms with van der Waals surface area (Å²) in [6, 6.07) is 5.77. The standard InChI is InChI=1S/C14H17ClN2OS/c1-3-6-18-13-5-4-11(7-12(13)15)16-8-14-10(2)17-9-19-14/h4-5,7,9,16H,3,6,8H2,1-2H3. The molecule has 3 nitrogen and oxygen atoms in total. The van der Waals surface area contributed by atoms with Crippen molar-refractivity contribution >= 4 is 28.6 Å². The first-order valence-electron chi connectivity index (χ1n) is 6.26. The number of thiazole rings is 1. The molecule has 0 spiro atoms. The minimum atomic E-state index is 0.638. The van der Waals surface area contributed by atoms with Gasteiger partial charge in [0.15, 0.2) is 0 Å². The van der Waals surface area contributed by atoms with Crippen LogP contribution in [0, 0.1) is 6.92 Å². The number of rotatable bonds is 6. The number of nitrogens with one attached hydrogen (secondary N) is 1. The molecule has 0 unspecified atom stereocenters. The molecular weight excluding hydrogens is 280 g/mol. The molecule has 102 valence electrons. The Hall–Kier alpha value is -1.26. The van der Waals surface area contributed by atoms with E-state index in [1.807, 2.05) is 30.6 Å². The van der Waals surface area contributed by atoms with Gasteiger partial charge < -0.3 is 10.1 Å². The van der Waals surface area contributed by atoms with Crippen LogP contribution in [0.5, 0.6) is 5.75 Å². The lowest BCUT2D eigenvalue weighted by atomic mass is 10.3. The Morgan fingerprint density at radius 3 is 2.89 bits per heavy atom. The fourth-order valence-corrected chi connectivity index (χ4v) is 2.57. The quantitative estimate of drug-likeness (QED) is 0.852. The number of nitrogens with zero attached hydrogens (tertiary/aromatic N) is 1. The number of aromatic nitrogens is 1. The molecule has 19 heavy (non-hydrogen) atoms. The Labute approximate surface area is 122 Å². The molecule has 0 aliphatic carbocycles.